The van der Waals surface area contributed by atoms with Crippen molar-refractivity contribution in [2.24, 2.45) is 11.7 Å². The van der Waals surface area contributed by atoms with Crippen molar-refractivity contribution in [3.8, 4) is 0 Å². The van der Waals surface area contributed by atoms with E-state index >= 15 is 0 Å². The SMILES string of the molecule is CC(C)C(C)OCCCC(=O)Nc1cccc(C(N)=S)c1. The van der Waals surface area contributed by atoms with Gasteiger partial charge in [0.25, 0.3) is 0 Å². The second-order valence-electron chi connectivity index (χ2n) is 5.42. The largest absolute Gasteiger partial charge is 0.389 e. The number of anilines is 1. The van der Waals surface area contributed by atoms with Gasteiger partial charge in [-0.15, -0.1) is 0 Å². The zero-order chi connectivity index (χ0) is 15.8. The lowest BCUT2D eigenvalue weighted by molar-refractivity contribution is -0.116. The van der Waals surface area contributed by atoms with E-state index in [1.165, 1.54) is 0 Å². The number of ether oxygens (including phenoxy) is 1. The van der Waals surface area contributed by atoms with Gasteiger partial charge in [-0.25, -0.2) is 0 Å². The molecule has 0 spiro atoms. The van der Waals surface area contributed by atoms with E-state index in [9.17, 15) is 4.79 Å². The first-order chi connectivity index (χ1) is 9.90. The number of carbonyl (C=O) groups is 1. The average Bonchev–Trinajstić information content (AvgIpc) is 2.43. The molecule has 0 aliphatic carbocycles. The highest BCUT2D eigenvalue weighted by atomic mass is 32.1. The van der Waals surface area contributed by atoms with Crippen LogP contribution in [0.15, 0.2) is 24.3 Å². The lowest BCUT2D eigenvalue weighted by atomic mass is 10.1. The van der Waals surface area contributed by atoms with Crippen LogP contribution in [0.1, 0.15) is 39.2 Å². The third-order valence-electron chi connectivity index (χ3n) is 3.30. The van der Waals surface area contributed by atoms with Crippen LogP contribution in [0.3, 0.4) is 0 Å². The molecule has 0 bridgehead atoms. The summed E-state index contributed by atoms with van der Waals surface area (Å²) < 4.78 is 5.64. The van der Waals surface area contributed by atoms with E-state index in [-0.39, 0.29) is 12.0 Å². The summed E-state index contributed by atoms with van der Waals surface area (Å²) >= 11 is 4.91. The molecule has 0 saturated heterocycles. The van der Waals surface area contributed by atoms with Gasteiger partial charge in [0.2, 0.25) is 5.91 Å². The molecule has 0 aliphatic heterocycles. The van der Waals surface area contributed by atoms with Crippen LogP contribution in [0, 0.1) is 5.92 Å². The molecule has 116 valence electrons. The molecule has 1 atom stereocenters. The summed E-state index contributed by atoms with van der Waals surface area (Å²) in [5, 5.41) is 2.84. The smallest absolute Gasteiger partial charge is 0.224 e. The minimum Gasteiger partial charge on any atom is -0.389 e. The van der Waals surface area contributed by atoms with Gasteiger partial charge in [0.05, 0.1) is 6.10 Å². The van der Waals surface area contributed by atoms with Crippen molar-refractivity contribution in [1.82, 2.24) is 0 Å². The lowest BCUT2D eigenvalue weighted by Crippen LogP contribution is -2.18. The van der Waals surface area contributed by atoms with E-state index < -0.39 is 0 Å². The van der Waals surface area contributed by atoms with E-state index in [2.05, 4.69) is 19.2 Å². The molecule has 4 nitrogen and oxygen atoms in total. The molecule has 0 saturated carbocycles. The lowest BCUT2D eigenvalue weighted by Gasteiger charge is -2.16. The maximum absolute atomic E-state index is 11.8. The molecule has 1 unspecified atom stereocenters. The van der Waals surface area contributed by atoms with Gasteiger partial charge in [0.15, 0.2) is 0 Å². The van der Waals surface area contributed by atoms with Crippen LogP contribution in [0.4, 0.5) is 5.69 Å². The maximum Gasteiger partial charge on any atom is 0.224 e. The molecule has 1 rings (SSSR count). The Morgan fingerprint density at radius 3 is 2.71 bits per heavy atom. The summed E-state index contributed by atoms with van der Waals surface area (Å²) in [6.45, 7) is 6.88. The van der Waals surface area contributed by atoms with E-state index in [1.54, 1.807) is 6.07 Å². The van der Waals surface area contributed by atoms with E-state index in [1.807, 2.05) is 25.1 Å². The molecule has 0 aromatic heterocycles. The van der Waals surface area contributed by atoms with Gasteiger partial charge < -0.3 is 15.8 Å². The summed E-state index contributed by atoms with van der Waals surface area (Å²) in [5.41, 5.74) is 7.02. The summed E-state index contributed by atoms with van der Waals surface area (Å²) in [6, 6.07) is 7.23. The van der Waals surface area contributed by atoms with Crippen LogP contribution in [-0.2, 0) is 9.53 Å². The van der Waals surface area contributed by atoms with E-state index in [0.717, 1.165) is 5.56 Å². The molecule has 0 heterocycles. The molecule has 1 aromatic carbocycles. The van der Waals surface area contributed by atoms with Gasteiger partial charge in [-0.2, -0.15) is 0 Å². The number of benzene rings is 1. The van der Waals surface area contributed by atoms with Crippen molar-refractivity contribution in [2.75, 3.05) is 11.9 Å². The fraction of sp³-hybridized carbons (Fsp3) is 0.500. The van der Waals surface area contributed by atoms with Gasteiger partial charge in [-0.1, -0.05) is 38.2 Å². The Kier molecular flexibility index (Phi) is 7.32. The molecule has 3 N–H and O–H groups in total. The molecular weight excluding hydrogens is 284 g/mol. The number of thiocarbonyl (C=S) groups is 1. The van der Waals surface area contributed by atoms with E-state index in [4.69, 9.17) is 22.7 Å². The number of amides is 1. The Bertz CT molecular complexity index is 489. The highest BCUT2D eigenvalue weighted by Gasteiger charge is 2.08. The number of carbonyl (C=O) groups excluding carboxylic acids is 1. The quantitative estimate of drug-likeness (QED) is 0.572. The highest BCUT2D eigenvalue weighted by Crippen LogP contribution is 2.11. The van der Waals surface area contributed by atoms with Crippen molar-refractivity contribution < 1.29 is 9.53 Å². The maximum atomic E-state index is 11.8. The predicted molar refractivity (Wildman–Crippen MR) is 90.4 cm³/mol. The second-order valence-corrected chi connectivity index (χ2v) is 5.86. The summed E-state index contributed by atoms with van der Waals surface area (Å²) in [5.74, 6) is 0.456. The molecule has 0 aliphatic rings. The molecule has 0 radical (unpaired) electrons. The van der Waals surface area contributed by atoms with Crippen LogP contribution in [0.5, 0.6) is 0 Å². The van der Waals surface area contributed by atoms with E-state index in [0.29, 0.717) is 36.0 Å². The zero-order valence-corrected chi connectivity index (χ0v) is 13.7. The fourth-order valence-corrected chi connectivity index (χ4v) is 1.80. The van der Waals surface area contributed by atoms with Crippen LogP contribution in [0.25, 0.3) is 0 Å². The third kappa shape index (κ3) is 6.69. The normalized spacial score (nSPS) is 12.2. The Morgan fingerprint density at radius 2 is 2.10 bits per heavy atom. The van der Waals surface area contributed by atoms with Crippen LogP contribution >= 0.6 is 12.2 Å². The Morgan fingerprint density at radius 1 is 1.38 bits per heavy atom. The number of rotatable bonds is 8. The fourth-order valence-electron chi connectivity index (χ4n) is 1.67. The van der Waals surface area contributed by atoms with Gasteiger partial charge in [-0.05, 0) is 31.4 Å². The van der Waals surface area contributed by atoms with Crippen molar-refractivity contribution in [2.45, 2.75) is 39.7 Å². The minimum absolute atomic E-state index is 0.0316. The molecule has 5 heteroatoms. The first kappa shape index (κ1) is 17.6. The third-order valence-corrected chi connectivity index (χ3v) is 3.53. The number of nitrogens with one attached hydrogen (secondary N) is 1. The monoisotopic (exact) mass is 308 g/mol. The molecule has 0 fully saturated rings. The Hall–Kier alpha value is -1.46. The van der Waals surface area contributed by atoms with Crippen molar-refractivity contribution in [3.05, 3.63) is 29.8 Å². The molecule has 1 amide bonds. The highest BCUT2D eigenvalue weighted by molar-refractivity contribution is 7.80. The van der Waals surface area contributed by atoms with Crippen LogP contribution in [-0.4, -0.2) is 23.6 Å². The molecular formula is C16H24N2O2S. The van der Waals surface area contributed by atoms with Crippen molar-refractivity contribution in [1.29, 1.82) is 0 Å². The first-order valence-corrected chi connectivity index (χ1v) is 7.62. The van der Waals surface area contributed by atoms with Gasteiger partial charge in [0.1, 0.15) is 4.99 Å². The van der Waals surface area contributed by atoms with Crippen LogP contribution < -0.4 is 11.1 Å². The van der Waals surface area contributed by atoms with Gasteiger partial charge in [0, 0.05) is 24.3 Å². The summed E-state index contributed by atoms with van der Waals surface area (Å²) in [6.07, 6.45) is 1.36. The van der Waals surface area contributed by atoms with Crippen molar-refractivity contribution >= 4 is 28.8 Å². The summed E-state index contributed by atoms with van der Waals surface area (Å²) in [7, 11) is 0. The van der Waals surface area contributed by atoms with Crippen LogP contribution in [0.2, 0.25) is 0 Å². The summed E-state index contributed by atoms with van der Waals surface area (Å²) in [4.78, 5) is 12.2. The number of hydrogen-bond acceptors (Lipinski definition) is 3. The number of hydrogen-bond donors (Lipinski definition) is 2. The zero-order valence-electron chi connectivity index (χ0n) is 12.9. The minimum atomic E-state index is -0.0316. The average molecular weight is 308 g/mol. The second kappa shape index (κ2) is 8.74. The molecule has 1 aromatic rings. The van der Waals surface area contributed by atoms with Gasteiger partial charge >= 0.3 is 0 Å². The predicted octanol–water partition coefficient (Wildman–Crippen LogP) is 3.10. The van der Waals surface area contributed by atoms with Crippen molar-refractivity contribution in [3.63, 3.8) is 0 Å². The Balaban J connectivity index is 2.34. The Labute approximate surface area is 132 Å². The first-order valence-electron chi connectivity index (χ1n) is 7.21. The number of nitrogens with two attached hydrogens (primary N) is 1. The van der Waals surface area contributed by atoms with Gasteiger partial charge in [-0.3, -0.25) is 4.79 Å². The molecule has 21 heavy (non-hydrogen) atoms. The standard InChI is InChI=1S/C16H24N2O2S/c1-11(2)12(3)20-9-5-8-15(19)18-14-7-4-6-13(10-14)16(17)21/h4,6-7,10-12H,5,8-9H2,1-3H3,(H2,17,21)(H,18,19). The topological polar surface area (TPSA) is 64.3 Å².